The van der Waals surface area contributed by atoms with Gasteiger partial charge in [-0.25, -0.2) is 0 Å². The van der Waals surface area contributed by atoms with E-state index >= 15 is 0 Å². The molecule has 14 heavy (non-hydrogen) atoms. The molecule has 1 aromatic carbocycles. The molecule has 0 heterocycles. The van der Waals surface area contributed by atoms with Crippen molar-refractivity contribution in [1.29, 1.82) is 0 Å². The van der Waals surface area contributed by atoms with E-state index < -0.39 is 0 Å². The van der Waals surface area contributed by atoms with Crippen LogP contribution in [0.25, 0.3) is 6.08 Å². The van der Waals surface area contributed by atoms with E-state index in [0.717, 1.165) is 6.54 Å². The maximum absolute atomic E-state index is 5.81. The smallest absolute Gasteiger partial charge is 0.00904 e. The van der Waals surface area contributed by atoms with Gasteiger partial charge in [-0.1, -0.05) is 50.3 Å². The Bertz CT molecular complexity index is 363. The van der Waals surface area contributed by atoms with Crippen LogP contribution in [0.4, 0.5) is 0 Å². The van der Waals surface area contributed by atoms with Crippen molar-refractivity contribution in [3.05, 3.63) is 41.5 Å². The molecule has 74 valence electrons. The first-order chi connectivity index (χ1) is 6.65. The number of allylic oxidation sites excluding steroid dienone is 1. The van der Waals surface area contributed by atoms with Gasteiger partial charge < -0.3 is 5.73 Å². The minimum atomic E-state index is 0.156. The molecule has 1 atom stereocenters. The van der Waals surface area contributed by atoms with Gasteiger partial charge in [-0.2, -0.15) is 0 Å². The molecule has 0 amide bonds. The average molecular weight is 187 g/mol. The van der Waals surface area contributed by atoms with Crippen LogP contribution in [0.1, 0.15) is 30.9 Å². The molecule has 1 unspecified atom stereocenters. The third kappa shape index (κ3) is 1.38. The summed E-state index contributed by atoms with van der Waals surface area (Å²) in [7, 11) is 0. The first-order valence-corrected chi connectivity index (χ1v) is 5.12. The van der Waals surface area contributed by atoms with Crippen LogP contribution in [0.15, 0.2) is 30.3 Å². The standard InChI is InChI=1S/C13H17N/c1-13(2,9-14)12-8-7-10-5-3-4-6-11(10)12/h3-8,12H,9,14H2,1-2H3. The lowest BCUT2D eigenvalue weighted by atomic mass is 9.76. The van der Waals surface area contributed by atoms with Crippen molar-refractivity contribution in [3.8, 4) is 0 Å². The zero-order valence-corrected chi connectivity index (χ0v) is 8.83. The highest BCUT2D eigenvalue weighted by atomic mass is 14.6. The predicted octanol–water partition coefficient (Wildman–Crippen LogP) is 2.78. The Morgan fingerprint density at radius 3 is 2.71 bits per heavy atom. The molecule has 1 aliphatic rings. The van der Waals surface area contributed by atoms with Gasteiger partial charge in [-0.05, 0) is 23.1 Å². The Hall–Kier alpha value is -1.08. The number of hydrogen-bond donors (Lipinski definition) is 1. The number of rotatable bonds is 2. The number of benzene rings is 1. The van der Waals surface area contributed by atoms with E-state index in [1.807, 2.05) is 0 Å². The average Bonchev–Trinajstić information content (AvgIpc) is 2.61. The van der Waals surface area contributed by atoms with Crippen molar-refractivity contribution in [2.24, 2.45) is 11.1 Å². The summed E-state index contributed by atoms with van der Waals surface area (Å²) in [5.41, 5.74) is 8.73. The van der Waals surface area contributed by atoms with Gasteiger partial charge in [0, 0.05) is 5.92 Å². The van der Waals surface area contributed by atoms with Crippen molar-refractivity contribution in [1.82, 2.24) is 0 Å². The lowest BCUT2D eigenvalue weighted by Gasteiger charge is -2.29. The first kappa shape index (κ1) is 9.47. The summed E-state index contributed by atoms with van der Waals surface area (Å²) >= 11 is 0. The maximum Gasteiger partial charge on any atom is 0.00904 e. The van der Waals surface area contributed by atoms with E-state index in [4.69, 9.17) is 5.73 Å². The van der Waals surface area contributed by atoms with Gasteiger partial charge >= 0.3 is 0 Å². The second kappa shape index (κ2) is 3.25. The fourth-order valence-electron chi connectivity index (χ4n) is 2.06. The van der Waals surface area contributed by atoms with E-state index in [1.54, 1.807) is 0 Å². The van der Waals surface area contributed by atoms with Crippen molar-refractivity contribution in [2.45, 2.75) is 19.8 Å². The second-order valence-electron chi connectivity index (χ2n) is 4.66. The summed E-state index contributed by atoms with van der Waals surface area (Å²) in [6, 6.07) is 8.56. The molecular formula is C13H17N. The van der Waals surface area contributed by atoms with Gasteiger partial charge in [0.2, 0.25) is 0 Å². The molecule has 0 aromatic heterocycles. The highest BCUT2D eigenvalue weighted by Crippen LogP contribution is 2.41. The first-order valence-electron chi connectivity index (χ1n) is 5.12. The summed E-state index contributed by atoms with van der Waals surface area (Å²) in [4.78, 5) is 0. The molecule has 1 aromatic rings. The minimum absolute atomic E-state index is 0.156. The highest BCUT2D eigenvalue weighted by Gasteiger charge is 2.30. The molecule has 0 aliphatic heterocycles. The molecule has 1 heteroatoms. The minimum Gasteiger partial charge on any atom is -0.330 e. The van der Waals surface area contributed by atoms with Crippen molar-refractivity contribution < 1.29 is 0 Å². The van der Waals surface area contributed by atoms with Gasteiger partial charge in [-0.15, -0.1) is 0 Å². The molecule has 1 aliphatic carbocycles. The van der Waals surface area contributed by atoms with Gasteiger partial charge in [0.05, 0.1) is 0 Å². The normalized spacial score (nSPS) is 19.8. The molecule has 1 nitrogen and oxygen atoms in total. The molecule has 0 fully saturated rings. The third-order valence-electron chi connectivity index (χ3n) is 3.17. The summed E-state index contributed by atoms with van der Waals surface area (Å²) < 4.78 is 0. The third-order valence-corrected chi connectivity index (χ3v) is 3.17. The Kier molecular flexibility index (Phi) is 2.20. The summed E-state index contributed by atoms with van der Waals surface area (Å²) in [6.45, 7) is 5.17. The van der Waals surface area contributed by atoms with E-state index in [9.17, 15) is 0 Å². The highest BCUT2D eigenvalue weighted by molar-refractivity contribution is 5.62. The van der Waals surface area contributed by atoms with Crippen molar-refractivity contribution in [3.63, 3.8) is 0 Å². The lowest BCUT2D eigenvalue weighted by molar-refractivity contribution is 0.339. The molecule has 0 spiro atoms. The number of nitrogens with two attached hydrogens (primary N) is 1. The van der Waals surface area contributed by atoms with Crippen LogP contribution >= 0.6 is 0 Å². The molecule has 2 N–H and O–H groups in total. The Morgan fingerprint density at radius 2 is 2.00 bits per heavy atom. The quantitative estimate of drug-likeness (QED) is 0.757. The molecule has 2 rings (SSSR count). The topological polar surface area (TPSA) is 26.0 Å². The summed E-state index contributed by atoms with van der Waals surface area (Å²) in [6.07, 6.45) is 4.48. The van der Waals surface area contributed by atoms with Gasteiger partial charge in [-0.3, -0.25) is 0 Å². The van der Waals surface area contributed by atoms with E-state index in [-0.39, 0.29) is 5.41 Å². The Balaban J connectivity index is 2.40. The molecule has 0 bridgehead atoms. The SMILES string of the molecule is CC(C)(CN)C1C=Cc2ccccc21. The Morgan fingerprint density at radius 1 is 1.29 bits per heavy atom. The van der Waals surface area contributed by atoms with Crippen LogP contribution in [0.3, 0.4) is 0 Å². The van der Waals surface area contributed by atoms with Crippen LogP contribution in [-0.4, -0.2) is 6.54 Å². The lowest BCUT2D eigenvalue weighted by Crippen LogP contribution is -2.29. The number of fused-ring (bicyclic) bond motifs is 1. The monoisotopic (exact) mass is 187 g/mol. The van der Waals surface area contributed by atoms with Gasteiger partial charge in [0.15, 0.2) is 0 Å². The zero-order chi connectivity index (χ0) is 10.2. The molecular weight excluding hydrogens is 170 g/mol. The van der Waals surface area contributed by atoms with Gasteiger partial charge in [0.1, 0.15) is 0 Å². The van der Waals surface area contributed by atoms with E-state index in [1.165, 1.54) is 11.1 Å². The van der Waals surface area contributed by atoms with Crippen LogP contribution in [0.5, 0.6) is 0 Å². The molecule has 0 saturated heterocycles. The molecule has 0 radical (unpaired) electrons. The fourth-order valence-corrected chi connectivity index (χ4v) is 2.06. The van der Waals surface area contributed by atoms with Crippen LogP contribution < -0.4 is 5.73 Å². The zero-order valence-electron chi connectivity index (χ0n) is 8.83. The number of hydrogen-bond acceptors (Lipinski definition) is 1. The van der Waals surface area contributed by atoms with Crippen molar-refractivity contribution in [2.75, 3.05) is 6.54 Å². The second-order valence-corrected chi connectivity index (χ2v) is 4.66. The van der Waals surface area contributed by atoms with Gasteiger partial charge in [0.25, 0.3) is 0 Å². The predicted molar refractivity (Wildman–Crippen MR) is 61.1 cm³/mol. The fraction of sp³-hybridized carbons (Fsp3) is 0.385. The maximum atomic E-state index is 5.81. The summed E-state index contributed by atoms with van der Waals surface area (Å²) in [5.74, 6) is 0.476. The van der Waals surface area contributed by atoms with E-state index in [2.05, 4.69) is 50.3 Å². The summed E-state index contributed by atoms with van der Waals surface area (Å²) in [5, 5.41) is 0. The van der Waals surface area contributed by atoms with Crippen LogP contribution in [-0.2, 0) is 0 Å². The largest absolute Gasteiger partial charge is 0.330 e. The van der Waals surface area contributed by atoms with Crippen molar-refractivity contribution >= 4 is 6.08 Å². The Labute approximate surface area is 85.6 Å². The van der Waals surface area contributed by atoms with Crippen LogP contribution in [0, 0.1) is 5.41 Å². The molecule has 0 saturated carbocycles. The van der Waals surface area contributed by atoms with Crippen LogP contribution in [0.2, 0.25) is 0 Å². The van der Waals surface area contributed by atoms with E-state index in [0.29, 0.717) is 5.92 Å².